The highest BCUT2D eigenvalue weighted by Crippen LogP contribution is 1.88. The maximum absolute atomic E-state index is 4.15. The first-order valence-corrected chi connectivity index (χ1v) is 3.08. The van der Waals surface area contributed by atoms with Crippen molar-refractivity contribution < 1.29 is 0 Å². The smallest absolute Gasteiger partial charge is 0.0596 e. The lowest BCUT2D eigenvalue weighted by molar-refractivity contribution is 0.437. The number of allylic oxidation sites excluding steroid dienone is 1. The summed E-state index contributed by atoms with van der Waals surface area (Å²) in [6.45, 7) is 5.69. The van der Waals surface area contributed by atoms with Crippen molar-refractivity contribution in [3.8, 4) is 0 Å². The third kappa shape index (κ3) is 3.76. The van der Waals surface area contributed by atoms with E-state index in [-0.39, 0.29) is 0 Å². The predicted molar refractivity (Wildman–Crippen MR) is 41.6 cm³/mol. The Kier molecular flexibility index (Phi) is 3.76. The van der Waals surface area contributed by atoms with Crippen LogP contribution in [0.1, 0.15) is 13.3 Å². The summed E-state index contributed by atoms with van der Waals surface area (Å²) in [5, 5.41) is 5.92. The molecule has 0 aromatic heterocycles. The molecule has 0 aliphatic carbocycles. The van der Waals surface area contributed by atoms with Crippen LogP contribution in [0.15, 0.2) is 17.8 Å². The highest BCUT2D eigenvalue weighted by Gasteiger charge is 1.86. The lowest BCUT2D eigenvalue weighted by Gasteiger charge is -2.04. The van der Waals surface area contributed by atoms with Crippen molar-refractivity contribution in [2.75, 3.05) is 14.1 Å². The van der Waals surface area contributed by atoms with Crippen molar-refractivity contribution >= 4 is 5.71 Å². The summed E-state index contributed by atoms with van der Waals surface area (Å²) >= 11 is 0. The van der Waals surface area contributed by atoms with Gasteiger partial charge in [0.25, 0.3) is 0 Å². The van der Waals surface area contributed by atoms with E-state index < -0.39 is 0 Å². The van der Waals surface area contributed by atoms with Crippen molar-refractivity contribution in [3.63, 3.8) is 0 Å². The minimum Gasteiger partial charge on any atom is -0.303 e. The van der Waals surface area contributed by atoms with E-state index in [4.69, 9.17) is 0 Å². The molecule has 0 heterocycles. The molecule has 0 unspecified atom stereocenters. The molecule has 0 amide bonds. The Balaban J connectivity index is 3.90. The van der Waals surface area contributed by atoms with Gasteiger partial charge in [0, 0.05) is 14.1 Å². The van der Waals surface area contributed by atoms with E-state index in [9.17, 15) is 0 Å². The predicted octanol–water partition coefficient (Wildman–Crippen LogP) is 1.50. The van der Waals surface area contributed by atoms with E-state index >= 15 is 0 Å². The van der Waals surface area contributed by atoms with E-state index in [0.29, 0.717) is 0 Å². The van der Waals surface area contributed by atoms with E-state index in [1.165, 1.54) is 0 Å². The molecule has 0 saturated carbocycles. The van der Waals surface area contributed by atoms with Gasteiger partial charge in [-0.1, -0.05) is 13.5 Å². The van der Waals surface area contributed by atoms with Gasteiger partial charge in [0.15, 0.2) is 0 Å². The maximum atomic E-state index is 4.15. The van der Waals surface area contributed by atoms with Gasteiger partial charge in [-0.25, -0.2) is 0 Å². The Morgan fingerprint density at radius 1 is 1.67 bits per heavy atom. The van der Waals surface area contributed by atoms with E-state index in [1.807, 2.05) is 14.1 Å². The molecule has 2 heteroatoms. The summed E-state index contributed by atoms with van der Waals surface area (Å²) in [4.78, 5) is 0. The van der Waals surface area contributed by atoms with Crippen molar-refractivity contribution in [2.45, 2.75) is 13.3 Å². The molecule has 0 N–H and O–H groups in total. The average Bonchev–Trinajstić information content (AvgIpc) is 1.82. The fourth-order valence-electron chi connectivity index (χ4n) is 0.513. The Morgan fingerprint density at radius 3 is 2.33 bits per heavy atom. The zero-order valence-corrected chi connectivity index (χ0v) is 6.39. The van der Waals surface area contributed by atoms with Gasteiger partial charge in [0.2, 0.25) is 0 Å². The zero-order valence-electron chi connectivity index (χ0n) is 6.39. The second-order valence-corrected chi connectivity index (χ2v) is 2.00. The molecule has 0 bridgehead atoms. The molecule has 0 aromatic carbocycles. The van der Waals surface area contributed by atoms with Gasteiger partial charge in [0.1, 0.15) is 0 Å². The molecule has 0 spiro atoms. The number of hydrazone groups is 1. The lowest BCUT2D eigenvalue weighted by atomic mass is 10.3. The fraction of sp³-hybridized carbons (Fsp3) is 0.571. The van der Waals surface area contributed by atoms with Crippen molar-refractivity contribution in [1.82, 2.24) is 5.01 Å². The molecule has 9 heavy (non-hydrogen) atoms. The Hall–Kier alpha value is -0.790. The zero-order chi connectivity index (χ0) is 7.28. The number of hydrogen-bond acceptors (Lipinski definition) is 2. The first kappa shape index (κ1) is 8.21. The summed E-state index contributed by atoms with van der Waals surface area (Å²) < 4.78 is 0. The topological polar surface area (TPSA) is 15.6 Å². The van der Waals surface area contributed by atoms with Gasteiger partial charge >= 0.3 is 0 Å². The van der Waals surface area contributed by atoms with E-state index in [2.05, 4.69) is 18.6 Å². The number of hydrogen-bond donors (Lipinski definition) is 0. The maximum Gasteiger partial charge on any atom is 0.0596 e. The highest BCUT2D eigenvalue weighted by molar-refractivity contribution is 5.93. The first-order chi connectivity index (χ1) is 4.20. The number of rotatable bonds is 3. The molecule has 52 valence electrons. The van der Waals surface area contributed by atoms with Crippen LogP contribution in [0.25, 0.3) is 0 Å². The molecule has 0 aromatic rings. The standard InChI is InChI=1S/C7H14N2/c1-5-7(6-2)8-9(3)4/h5H,1,6H2,2-4H3/b8-7+. The molecule has 0 radical (unpaired) electrons. The van der Waals surface area contributed by atoms with Crippen LogP contribution in [0, 0.1) is 0 Å². The molecule has 0 aliphatic heterocycles. The molecular weight excluding hydrogens is 112 g/mol. The van der Waals surface area contributed by atoms with Gasteiger partial charge in [-0.05, 0) is 12.5 Å². The molecule has 0 fully saturated rings. The van der Waals surface area contributed by atoms with Crippen LogP contribution in [-0.2, 0) is 0 Å². The monoisotopic (exact) mass is 126 g/mol. The summed E-state index contributed by atoms with van der Waals surface area (Å²) in [6.07, 6.45) is 2.72. The van der Waals surface area contributed by atoms with Crippen LogP contribution >= 0.6 is 0 Å². The second kappa shape index (κ2) is 4.13. The minimum atomic E-state index is 0.946. The van der Waals surface area contributed by atoms with Gasteiger partial charge in [0.05, 0.1) is 5.71 Å². The van der Waals surface area contributed by atoms with Crippen LogP contribution in [0.2, 0.25) is 0 Å². The molecule has 0 rings (SSSR count). The van der Waals surface area contributed by atoms with Crippen molar-refractivity contribution in [2.24, 2.45) is 5.10 Å². The van der Waals surface area contributed by atoms with Gasteiger partial charge < -0.3 is 5.01 Å². The molecule has 0 aliphatic rings. The summed E-state index contributed by atoms with van der Waals surface area (Å²) in [5.41, 5.74) is 1.03. The van der Waals surface area contributed by atoms with Gasteiger partial charge in [-0.2, -0.15) is 5.10 Å². The van der Waals surface area contributed by atoms with Crippen LogP contribution in [0.4, 0.5) is 0 Å². The third-order valence-electron chi connectivity index (χ3n) is 0.926. The molecule has 2 nitrogen and oxygen atoms in total. The van der Waals surface area contributed by atoms with E-state index in [0.717, 1.165) is 12.1 Å². The lowest BCUT2D eigenvalue weighted by Crippen LogP contribution is -2.05. The van der Waals surface area contributed by atoms with Crippen LogP contribution in [0.5, 0.6) is 0 Å². The SMILES string of the molecule is C=C/C(CC)=N\N(C)C. The summed E-state index contributed by atoms with van der Waals surface area (Å²) in [7, 11) is 3.80. The van der Waals surface area contributed by atoms with Crippen molar-refractivity contribution in [3.05, 3.63) is 12.7 Å². The van der Waals surface area contributed by atoms with Gasteiger partial charge in [-0.3, -0.25) is 0 Å². The molecule has 0 atom stereocenters. The van der Waals surface area contributed by atoms with E-state index in [1.54, 1.807) is 11.1 Å². The van der Waals surface area contributed by atoms with Crippen LogP contribution < -0.4 is 0 Å². The fourth-order valence-corrected chi connectivity index (χ4v) is 0.513. The largest absolute Gasteiger partial charge is 0.303 e. The van der Waals surface area contributed by atoms with Crippen LogP contribution in [0.3, 0.4) is 0 Å². The highest BCUT2D eigenvalue weighted by atomic mass is 15.4. The normalized spacial score (nSPS) is 11.2. The minimum absolute atomic E-state index is 0.946. The molecule has 0 saturated heterocycles. The second-order valence-electron chi connectivity index (χ2n) is 2.00. The van der Waals surface area contributed by atoms with Gasteiger partial charge in [-0.15, -0.1) is 0 Å². The Bertz CT molecular complexity index is 114. The first-order valence-electron chi connectivity index (χ1n) is 3.08. The Morgan fingerprint density at radius 2 is 2.22 bits per heavy atom. The number of nitrogens with zero attached hydrogens (tertiary/aromatic N) is 2. The molecular formula is C7H14N2. The Labute approximate surface area is 56.9 Å². The average molecular weight is 126 g/mol. The van der Waals surface area contributed by atoms with Crippen molar-refractivity contribution in [1.29, 1.82) is 0 Å². The third-order valence-corrected chi connectivity index (χ3v) is 0.926. The summed E-state index contributed by atoms with van der Waals surface area (Å²) in [6, 6.07) is 0. The summed E-state index contributed by atoms with van der Waals surface area (Å²) in [5.74, 6) is 0. The van der Waals surface area contributed by atoms with Crippen LogP contribution in [-0.4, -0.2) is 24.8 Å². The quantitative estimate of drug-likeness (QED) is 0.413.